The molecule has 0 radical (unpaired) electrons. The lowest BCUT2D eigenvalue weighted by molar-refractivity contribution is -0.144. The number of hydrogen-bond donors (Lipinski definition) is 1. The third-order valence-corrected chi connectivity index (χ3v) is 3.85. The lowest BCUT2D eigenvalue weighted by atomic mass is 10.1. The summed E-state index contributed by atoms with van der Waals surface area (Å²) in [7, 11) is 0. The number of nitrogens with zero attached hydrogens (tertiary/aromatic N) is 1. The third kappa shape index (κ3) is 5.76. The molecule has 0 aromatic heterocycles. The molecule has 0 bridgehead atoms. The molecular formula is C14H14Cl2N2O3S. The third-order valence-electron chi connectivity index (χ3n) is 2.66. The number of benzene rings is 1. The first-order chi connectivity index (χ1) is 10.5. The highest BCUT2D eigenvalue weighted by atomic mass is 35.5. The van der Waals surface area contributed by atoms with E-state index in [1.807, 2.05) is 6.26 Å². The monoisotopic (exact) mass is 360 g/mol. The van der Waals surface area contributed by atoms with Gasteiger partial charge in [-0.05, 0) is 36.6 Å². The average molecular weight is 361 g/mol. The number of halogens is 2. The van der Waals surface area contributed by atoms with Crippen LogP contribution in [0.15, 0.2) is 18.2 Å². The highest BCUT2D eigenvalue weighted by molar-refractivity contribution is 7.98. The molecule has 0 fully saturated rings. The number of carbonyl (C=O) groups is 2. The van der Waals surface area contributed by atoms with Gasteiger partial charge in [0.15, 0.2) is 6.61 Å². The smallest absolute Gasteiger partial charge is 0.329 e. The summed E-state index contributed by atoms with van der Waals surface area (Å²) in [5, 5.41) is 11.6. The quantitative estimate of drug-likeness (QED) is 0.756. The molecule has 5 nitrogen and oxygen atoms in total. The van der Waals surface area contributed by atoms with Crippen molar-refractivity contribution in [2.24, 2.45) is 0 Å². The van der Waals surface area contributed by atoms with Crippen molar-refractivity contribution in [3.8, 4) is 6.07 Å². The lowest BCUT2D eigenvalue weighted by Crippen LogP contribution is -2.42. The van der Waals surface area contributed by atoms with E-state index in [2.05, 4.69) is 5.32 Å². The molecule has 0 aliphatic heterocycles. The minimum Gasteiger partial charge on any atom is -0.449 e. The van der Waals surface area contributed by atoms with Crippen molar-refractivity contribution < 1.29 is 14.3 Å². The van der Waals surface area contributed by atoms with Crippen molar-refractivity contribution in [3.63, 3.8) is 0 Å². The molecule has 1 atom stereocenters. The van der Waals surface area contributed by atoms with E-state index >= 15 is 0 Å². The fraction of sp³-hybridized carbons (Fsp3) is 0.357. The van der Waals surface area contributed by atoms with Crippen molar-refractivity contribution in [2.75, 3.05) is 18.6 Å². The molecule has 1 aromatic carbocycles. The minimum atomic E-state index is -0.833. The Kier molecular flexibility index (Phi) is 8.10. The Morgan fingerprint density at radius 2 is 2.18 bits per heavy atom. The van der Waals surface area contributed by atoms with Crippen LogP contribution in [0.3, 0.4) is 0 Å². The first kappa shape index (κ1) is 18.6. The van der Waals surface area contributed by atoms with Crippen LogP contribution in [0.4, 0.5) is 0 Å². The summed E-state index contributed by atoms with van der Waals surface area (Å²) in [6, 6.07) is 5.34. The molecule has 0 unspecified atom stereocenters. The largest absolute Gasteiger partial charge is 0.449 e. The lowest BCUT2D eigenvalue weighted by Gasteiger charge is -2.17. The van der Waals surface area contributed by atoms with Gasteiger partial charge in [0.25, 0.3) is 5.91 Å². The van der Waals surface area contributed by atoms with E-state index in [0.29, 0.717) is 17.2 Å². The van der Waals surface area contributed by atoms with Crippen LogP contribution in [-0.2, 0) is 9.53 Å². The van der Waals surface area contributed by atoms with E-state index in [-0.39, 0.29) is 17.2 Å². The molecule has 1 N–H and O–H groups in total. The normalized spacial score (nSPS) is 11.4. The van der Waals surface area contributed by atoms with Crippen LogP contribution in [0.2, 0.25) is 10.0 Å². The van der Waals surface area contributed by atoms with E-state index < -0.39 is 17.9 Å². The zero-order chi connectivity index (χ0) is 16.5. The van der Waals surface area contributed by atoms with E-state index in [1.54, 1.807) is 6.07 Å². The summed E-state index contributed by atoms with van der Waals surface area (Å²) in [5.41, 5.74) is 0.216. The maximum absolute atomic E-state index is 12.2. The first-order valence-corrected chi connectivity index (χ1v) is 8.43. The maximum atomic E-state index is 12.2. The molecule has 0 heterocycles. The Morgan fingerprint density at radius 1 is 1.45 bits per heavy atom. The van der Waals surface area contributed by atoms with Gasteiger partial charge >= 0.3 is 5.97 Å². The van der Waals surface area contributed by atoms with Gasteiger partial charge < -0.3 is 10.1 Å². The topological polar surface area (TPSA) is 79.2 Å². The number of carbonyl (C=O) groups excluding carboxylic acids is 2. The molecule has 0 saturated heterocycles. The summed E-state index contributed by atoms with van der Waals surface area (Å²) in [5.74, 6) is -0.489. The SMILES string of the molecule is CSCC[C@H](NC(=O)c1ccc(Cl)cc1Cl)C(=O)OCC#N. The van der Waals surface area contributed by atoms with Gasteiger partial charge in [0.1, 0.15) is 12.1 Å². The molecule has 0 saturated carbocycles. The van der Waals surface area contributed by atoms with Gasteiger partial charge in [-0.3, -0.25) is 4.79 Å². The molecular weight excluding hydrogens is 347 g/mol. The second-order valence-electron chi connectivity index (χ2n) is 4.20. The van der Waals surface area contributed by atoms with Crippen LogP contribution in [0, 0.1) is 11.3 Å². The standard InChI is InChI=1S/C14H14Cl2N2O3S/c1-22-7-4-12(14(20)21-6-5-17)18-13(19)10-3-2-9(15)8-11(10)16/h2-3,8,12H,4,6-7H2,1H3,(H,18,19)/t12-/m0/s1. The Hall–Kier alpha value is -1.42. The second-order valence-corrected chi connectivity index (χ2v) is 6.03. The Bertz CT molecular complexity index is 590. The van der Waals surface area contributed by atoms with Gasteiger partial charge in [0.05, 0.1) is 10.6 Å². The van der Waals surface area contributed by atoms with E-state index in [1.165, 1.54) is 30.0 Å². The number of hydrogen-bond acceptors (Lipinski definition) is 5. The summed E-state index contributed by atoms with van der Waals surface area (Å²) < 4.78 is 4.76. The van der Waals surface area contributed by atoms with Crippen molar-refractivity contribution in [1.29, 1.82) is 5.26 Å². The number of rotatable bonds is 7. The van der Waals surface area contributed by atoms with E-state index in [4.69, 9.17) is 33.2 Å². The van der Waals surface area contributed by atoms with Crippen molar-refractivity contribution in [1.82, 2.24) is 5.32 Å². The van der Waals surface area contributed by atoms with Crippen molar-refractivity contribution >= 4 is 46.8 Å². The van der Waals surface area contributed by atoms with Gasteiger partial charge in [-0.25, -0.2) is 4.79 Å². The zero-order valence-electron chi connectivity index (χ0n) is 11.8. The Morgan fingerprint density at radius 3 is 2.77 bits per heavy atom. The van der Waals surface area contributed by atoms with E-state index in [0.717, 1.165) is 0 Å². The van der Waals surface area contributed by atoms with Crippen molar-refractivity contribution in [3.05, 3.63) is 33.8 Å². The molecule has 8 heteroatoms. The van der Waals surface area contributed by atoms with E-state index in [9.17, 15) is 9.59 Å². The number of amides is 1. The molecule has 1 amide bonds. The zero-order valence-corrected chi connectivity index (χ0v) is 14.1. The predicted octanol–water partition coefficient (Wildman–Crippen LogP) is 2.91. The number of ether oxygens (including phenoxy) is 1. The fourth-order valence-electron chi connectivity index (χ4n) is 1.60. The van der Waals surface area contributed by atoms with Gasteiger partial charge in [-0.1, -0.05) is 23.2 Å². The summed E-state index contributed by atoms with van der Waals surface area (Å²) in [6.07, 6.45) is 2.28. The van der Waals surface area contributed by atoms with Crippen LogP contribution in [-0.4, -0.2) is 36.5 Å². The van der Waals surface area contributed by atoms with Crippen LogP contribution in [0.5, 0.6) is 0 Å². The van der Waals surface area contributed by atoms with Gasteiger partial charge in [-0.15, -0.1) is 0 Å². The average Bonchev–Trinajstić information content (AvgIpc) is 2.48. The summed E-state index contributed by atoms with van der Waals surface area (Å²) >= 11 is 13.3. The molecule has 0 spiro atoms. The number of thioether (sulfide) groups is 1. The summed E-state index contributed by atoms with van der Waals surface area (Å²) in [4.78, 5) is 24.1. The van der Waals surface area contributed by atoms with Crippen LogP contribution in [0.25, 0.3) is 0 Å². The van der Waals surface area contributed by atoms with Gasteiger partial charge in [0.2, 0.25) is 0 Å². The van der Waals surface area contributed by atoms with Crippen molar-refractivity contribution in [2.45, 2.75) is 12.5 Å². The Labute approximate surface area is 142 Å². The number of nitrogens with one attached hydrogen (secondary N) is 1. The molecule has 118 valence electrons. The highest BCUT2D eigenvalue weighted by Gasteiger charge is 2.23. The fourth-order valence-corrected chi connectivity index (χ4v) is 2.56. The number of nitriles is 1. The first-order valence-electron chi connectivity index (χ1n) is 6.28. The molecule has 0 aliphatic rings. The van der Waals surface area contributed by atoms with Gasteiger partial charge in [0, 0.05) is 5.02 Å². The predicted molar refractivity (Wildman–Crippen MR) is 87.3 cm³/mol. The maximum Gasteiger partial charge on any atom is 0.329 e. The van der Waals surface area contributed by atoms with Crippen LogP contribution >= 0.6 is 35.0 Å². The minimum absolute atomic E-state index is 0.194. The van der Waals surface area contributed by atoms with Gasteiger partial charge in [-0.2, -0.15) is 17.0 Å². The molecule has 22 heavy (non-hydrogen) atoms. The van der Waals surface area contributed by atoms with Crippen LogP contribution in [0.1, 0.15) is 16.8 Å². The molecule has 1 rings (SSSR count). The Balaban J connectivity index is 2.81. The highest BCUT2D eigenvalue weighted by Crippen LogP contribution is 2.21. The van der Waals surface area contributed by atoms with Crippen LogP contribution < -0.4 is 5.32 Å². The second kappa shape index (κ2) is 9.57. The summed E-state index contributed by atoms with van der Waals surface area (Å²) in [6.45, 7) is -0.355. The number of esters is 1. The molecule has 0 aliphatic carbocycles. The molecule has 1 aromatic rings.